The number of benzene rings is 2. The van der Waals surface area contributed by atoms with E-state index in [0.717, 1.165) is 36.4 Å². The van der Waals surface area contributed by atoms with Crippen molar-refractivity contribution in [1.29, 1.82) is 0 Å². The van der Waals surface area contributed by atoms with Gasteiger partial charge in [0.25, 0.3) is 0 Å². The molecule has 0 heterocycles. The van der Waals surface area contributed by atoms with Gasteiger partial charge in [-0.25, -0.2) is 0 Å². The van der Waals surface area contributed by atoms with Crippen LogP contribution in [0.15, 0.2) is 48.5 Å². The quantitative estimate of drug-likeness (QED) is 0.414. The van der Waals surface area contributed by atoms with Crippen molar-refractivity contribution >= 4 is 11.6 Å². The first-order chi connectivity index (χ1) is 12.0. The van der Waals surface area contributed by atoms with Crippen molar-refractivity contribution in [1.82, 2.24) is 0 Å². The molecule has 0 unspecified atom stereocenters. The minimum Gasteiger partial charge on any atom is -0.299 e. The van der Waals surface area contributed by atoms with Crippen LogP contribution >= 0.6 is 0 Å². The number of carbonyl (C=O) groups excluding carboxylic acids is 2. The summed E-state index contributed by atoms with van der Waals surface area (Å²) in [6, 6.07) is 7.72. The lowest BCUT2D eigenvalue weighted by Gasteiger charge is -2.09. The van der Waals surface area contributed by atoms with Crippen LogP contribution in [-0.4, -0.2) is 11.6 Å². The van der Waals surface area contributed by atoms with E-state index in [2.05, 4.69) is 0 Å². The molecule has 26 heavy (non-hydrogen) atoms. The largest absolute Gasteiger partial charge is 0.416 e. The minimum atomic E-state index is -4.63. The zero-order valence-electron chi connectivity index (χ0n) is 13.1. The summed E-state index contributed by atoms with van der Waals surface area (Å²) < 4.78 is 75.9. The molecular formula is C18H12F6O2. The van der Waals surface area contributed by atoms with Gasteiger partial charge >= 0.3 is 12.4 Å². The molecule has 2 aromatic rings. The van der Waals surface area contributed by atoms with Crippen LogP contribution in [0, 0.1) is 0 Å². The zero-order valence-corrected chi connectivity index (χ0v) is 13.1. The first-order valence-electron chi connectivity index (χ1n) is 7.35. The third-order valence-corrected chi connectivity index (χ3v) is 3.53. The Hall–Kier alpha value is -2.64. The Morgan fingerprint density at radius 3 is 1.88 bits per heavy atom. The standard InChI is InChI=1S/C18H12F6O2/c19-17(20,21)13-5-1-3-11(7-13)8-15(25)10-16(26)12-4-2-6-14(9-12)18(22,23)24/h1-7,9H,8,10H2. The monoisotopic (exact) mass is 374 g/mol. The summed E-state index contributed by atoms with van der Waals surface area (Å²) in [4.78, 5) is 23.9. The Morgan fingerprint density at radius 1 is 0.769 bits per heavy atom. The molecule has 0 saturated heterocycles. The molecular weight excluding hydrogens is 362 g/mol. The Labute approximate surface area is 144 Å². The Bertz CT molecular complexity index is 821. The summed E-state index contributed by atoms with van der Waals surface area (Å²) in [6.07, 6.45) is -10.3. The fourth-order valence-electron chi connectivity index (χ4n) is 2.30. The number of hydrogen-bond donors (Lipinski definition) is 0. The van der Waals surface area contributed by atoms with Gasteiger partial charge in [-0.15, -0.1) is 0 Å². The number of alkyl halides is 6. The van der Waals surface area contributed by atoms with E-state index in [1.165, 1.54) is 6.07 Å². The lowest BCUT2D eigenvalue weighted by Crippen LogP contribution is -2.13. The van der Waals surface area contributed by atoms with Crippen LogP contribution in [0.3, 0.4) is 0 Å². The first-order valence-corrected chi connectivity index (χ1v) is 7.35. The molecule has 0 aliphatic carbocycles. The van der Waals surface area contributed by atoms with Gasteiger partial charge < -0.3 is 0 Å². The van der Waals surface area contributed by atoms with Gasteiger partial charge in [-0.05, 0) is 23.8 Å². The van der Waals surface area contributed by atoms with Gasteiger partial charge in [-0.1, -0.05) is 30.3 Å². The zero-order chi connectivity index (χ0) is 19.5. The molecule has 0 aliphatic heterocycles. The molecule has 0 bridgehead atoms. The molecule has 8 heteroatoms. The van der Waals surface area contributed by atoms with E-state index in [4.69, 9.17) is 0 Å². The maximum absolute atomic E-state index is 12.6. The van der Waals surface area contributed by atoms with E-state index in [9.17, 15) is 35.9 Å². The molecule has 0 N–H and O–H groups in total. The van der Waals surface area contributed by atoms with E-state index in [1.54, 1.807) is 0 Å². The number of rotatable bonds is 5. The van der Waals surface area contributed by atoms with Crippen molar-refractivity contribution < 1.29 is 35.9 Å². The summed E-state index contributed by atoms with van der Waals surface area (Å²) in [6.45, 7) is 0. The predicted octanol–water partition coefficient (Wildman–Crippen LogP) is 5.11. The van der Waals surface area contributed by atoms with Crippen LogP contribution in [0.25, 0.3) is 0 Å². The Morgan fingerprint density at radius 2 is 1.31 bits per heavy atom. The molecule has 2 rings (SSSR count). The number of ketones is 2. The van der Waals surface area contributed by atoms with Gasteiger partial charge in [0.1, 0.15) is 5.78 Å². The van der Waals surface area contributed by atoms with E-state index in [1.807, 2.05) is 0 Å². The average Bonchev–Trinajstić information content (AvgIpc) is 2.53. The Balaban J connectivity index is 2.08. The predicted molar refractivity (Wildman–Crippen MR) is 80.5 cm³/mol. The number of hydrogen-bond acceptors (Lipinski definition) is 2. The van der Waals surface area contributed by atoms with Crippen LogP contribution < -0.4 is 0 Å². The first kappa shape index (κ1) is 19.7. The van der Waals surface area contributed by atoms with Crippen molar-refractivity contribution in [2.24, 2.45) is 0 Å². The number of halogens is 6. The Kier molecular flexibility index (Phi) is 5.53. The van der Waals surface area contributed by atoms with Crippen molar-refractivity contribution in [2.75, 3.05) is 0 Å². The van der Waals surface area contributed by atoms with Crippen molar-refractivity contribution in [3.05, 3.63) is 70.8 Å². The van der Waals surface area contributed by atoms with E-state index in [-0.39, 0.29) is 11.1 Å². The van der Waals surface area contributed by atoms with Gasteiger partial charge in [-0.3, -0.25) is 9.59 Å². The van der Waals surface area contributed by atoms with Crippen LogP contribution in [0.2, 0.25) is 0 Å². The topological polar surface area (TPSA) is 34.1 Å². The lowest BCUT2D eigenvalue weighted by molar-refractivity contribution is -0.138. The van der Waals surface area contributed by atoms with Crippen LogP contribution in [0.1, 0.15) is 33.5 Å². The van der Waals surface area contributed by atoms with Crippen LogP contribution in [0.5, 0.6) is 0 Å². The van der Waals surface area contributed by atoms with Crippen LogP contribution in [-0.2, 0) is 23.6 Å². The second-order valence-electron chi connectivity index (χ2n) is 5.59. The molecule has 0 aliphatic rings. The number of carbonyl (C=O) groups is 2. The summed E-state index contributed by atoms with van der Waals surface area (Å²) in [5.41, 5.74) is -2.15. The summed E-state index contributed by atoms with van der Waals surface area (Å²) in [7, 11) is 0. The normalized spacial score (nSPS) is 12.1. The van der Waals surface area contributed by atoms with E-state index >= 15 is 0 Å². The minimum absolute atomic E-state index is 0.0710. The van der Waals surface area contributed by atoms with Crippen LogP contribution in [0.4, 0.5) is 26.3 Å². The highest BCUT2D eigenvalue weighted by Crippen LogP contribution is 2.30. The lowest BCUT2D eigenvalue weighted by atomic mass is 9.99. The molecule has 2 nitrogen and oxygen atoms in total. The van der Waals surface area contributed by atoms with Gasteiger partial charge in [0, 0.05) is 12.0 Å². The van der Waals surface area contributed by atoms with Gasteiger partial charge in [-0.2, -0.15) is 26.3 Å². The molecule has 0 aromatic heterocycles. The molecule has 0 saturated carbocycles. The smallest absolute Gasteiger partial charge is 0.299 e. The summed E-state index contributed by atoms with van der Waals surface area (Å²) >= 11 is 0. The van der Waals surface area contributed by atoms with E-state index in [0.29, 0.717) is 6.07 Å². The third kappa shape index (κ3) is 5.18. The van der Waals surface area contributed by atoms with Crippen molar-refractivity contribution in [3.8, 4) is 0 Å². The molecule has 0 amide bonds. The number of Topliss-reactive ketones (excluding diaryl/α,β-unsaturated/α-hetero) is 2. The molecule has 2 aromatic carbocycles. The third-order valence-electron chi connectivity index (χ3n) is 3.53. The van der Waals surface area contributed by atoms with Crippen molar-refractivity contribution in [2.45, 2.75) is 25.2 Å². The molecule has 0 atom stereocenters. The van der Waals surface area contributed by atoms with E-state index < -0.39 is 47.9 Å². The van der Waals surface area contributed by atoms with Gasteiger partial charge in [0.15, 0.2) is 5.78 Å². The highest BCUT2D eigenvalue weighted by Gasteiger charge is 2.31. The molecule has 138 valence electrons. The maximum Gasteiger partial charge on any atom is 0.416 e. The fraction of sp³-hybridized carbons (Fsp3) is 0.222. The molecule has 0 spiro atoms. The average molecular weight is 374 g/mol. The van der Waals surface area contributed by atoms with Gasteiger partial charge in [0.2, 0.25) is 0 Å². The SMILES string of the molecule is O=C(CC(=O)c1cccc(C(F)(F)F)c1)Cc1cccc(C(F)(F)F)c1. The highest BCUT2D eigenvalue weighted by atomic mass is 19.4. The molecule has 0 radical (unpaired) electrons. The van der Waals surface area contributed by atoms with Gasteiger partial charge in [0.05, 0.1) is 17.5 Å². The second kappa shape index (κ2) is 7.31. The second-order valence-corrected chi connectivity index (χ2v) is 5.59. The van der Waals surface area contributed by atoms with Crippen molar-refractivity contribution in [3.63, 3.8) is 0 Å². The fourth-order valence-corrected chi connectivity index (χ4v) is 2.30. The molecule has 0 fully saturated rings. The summed E-state index contributed by atoms with van der Waals surface area (Å²) in [5.74, 6) is -1.51. The maximum atomic E-state index is 12.6. The highest BCUT2D eigenvalue weighted by molar-refractivity contribution is 6.08. The summed E-state index contributed by atoms with van der Waals surface area (Å²) in [5, 5.41) is 0.